The Morgan fingerprint density at radius 3 is 2.65 bits per heavy atom. The lowest BCUT2D eigenvalue weighted by Crippen LogP contribution is -2.47. The molecule has 0 spiro atoms. The monoisotopic (exact) mass is 360 g/mol. The van der Waals surface area contributed by atoms with Crippen LogP contribution in [0.4, 0.5) is 4.39 Å². The van der Waals surface area contributed by atoms with Gasteiger partial charge in [0.2, 0.25) is 5.91 Å². The minimum atomic E-state index is -0.198. The third-order valence-corrected chi connectivity index (χ3v) is 5.50. The van der Waals surface area contributed by atoms with Crippen molar-refractivity contribution in [3.63, 3.8) is 0 Å². The highest BCUT2D eigenvalue weighted by atomic mass is 19.1. The Kier molecular flexibility index (Phi) is 6.12. The number of hydrogen-bond acceptors (Lipinski definition) is 2. The molecule has 3 rings (SSSR count). The molecule has 2 aliphatic carbocycles. The Morgan fingerprint density at radius 1 is 1.23 bits per heavy atom. The number of rotatable bonds is 6. The van der Waals surface area contributed by atoms with Crippen LogP contribution in [0.25, 0.3) is 0 Å². The number of hydrogen-bond donors (Lipinski definition) is 3. The van der Waals surface area contributed by atoms with Gasteiger partial charge in [-0.05, 0) is 43.4 Å². The van der Waals surface area contributed by atoms with E-state index in [9.17, 15) is 9.18 Å². The Labute approximate surface area is 154 Å². The van der Waals surface area contributed by atoms with Gasteiger partial charge < -0.3 is 16.0 Å². The zero-order valence-electron chi connectivity index (χ0n) is 15.5. The Morgan fingerprint density at radius 2 is 2.00 bits per heavy atom. The SMILES string of the molecule is CN=C(NCC(=O)NC1CCCCC1)NCC1(c2cccc(F)c2)CC1. The fourth-order valence-electron chi connectivity index (χ4n) is 3.70. The molecule has 5 nitrogen and oxygen atoms in total. The van der Waals surface area contributed by atoms with Gasteiger partial charge in [0, 0.05) is 25.0 Å². The molecule has 1 amide bonds. The van der Waals surface area contributed by atoms with E-state index in [-0.39, 0.29) is 23.7 Å². The van der Waals surface area contributed by atoms with E-state index in [1.807, 2.05) is 6.07 Å². The number of halogens is 1. The van der Waals surface area contributed by atoms with Gasteiger partial charge in [0.25, 0.3) is 0 Å². The molecule has 0 aliphatic heterocycles. The van der Waals surface area contributed by atoms with E-state index in [4.69, 9.17) is 0 Å². The smallest absolute Gasteiger partial charge is 0.239 e. The molecule has 2 fully saturated rings. The van der Waals surface area contributed by atoms with Gasteiger partial charge in [0.05, 0.1) is 6.54 Å². The largest absolute Gasteiger partial charge is 0.356 e. The van der Waals surface area contributed by atoms with E-state index in [1.165, 1.54) is 25.3 Å². The summed E-state index contributed by atoms with van der Waals surface area (Å²) in [6.07, 6.45) is 7.89. The molecule has 142 valence electrons. The third kappa shape index (κ3) is 4.96. The summed E-state index contributed by atoms with van der Waals surface area (Å²) in [6, 6.07) is 7.13. The Bertz CT molecular complexity index is 651. The fourth-order valence-corrected chi connectivity index (χ4v) is 3.70. The van der Waals surface area contributed by atoms with Crippen LogP contribution in [0.2, 0.25) is 0 Å². The van der Waals surface area contributed by atoms with Crippen molar-refractivity contribution in [2.45, 2.75) is 56.4 Å². The van der Waals surface area contributed by atoms with Crippen molar-refractivity contribution in [2.24, 2.45) is 4.99 Å². The van der Waals surface area contributed by atoms with E-state index in [0.29, 0.717) is 18.5 Å². The van der Waals surface area contributed by atoms with Gasteiger partial charge in [-0.15, -0.1) is 0 Å². The second-order valence-electron chi connectivity index (χ2n) is 7.47. The van der Waals surface area contributed by atoms with Crippen molar-refractivity contribution in [2.75, 3.05) is 20.1 Å². The Balaban J connectivity index is 1.44. The van der Waals surface area contributed by atoms with E-state index in [2.05, 4.69) is 20.9 Å². The van der Waals surface area contributed by atoms with Gasteiger partial charge in [-0.1, -0.05) is 31.4 Å². The zero-order chi connectivity index (χ0) is 18.4. The van der Waals surface area contributed by atoms with Crippen LogP contribution in [0.1, 0.15) is 50.5 Å². The number of aliphatic imine (C=N–C) groups is 1. The molecule has 0 heterocycles. The number of amides is 1. The van der Waals surface area contributed by atoms with Crippen LogP contribution in [-0.2, 0) is 10.2 Å². The molecule has 6 heteroatoms. The summed E-state index contributed by atoms with van der Waals surface area (Å²) < 4.78 is 13.5. The minimum absolute atomic E-state index is 0.00566. The molecule has 0 unspecified atom stereocenters. The maximum absolute atomic E-state index is 13.5. The molecule has 3 N–H and O–H groups in total. The van der Waals surface area contributed by atoms with Crippen LogP contribution < -0.4 is 16.0 Å². The Hall–Kier alpha value is -2.11. The minimum Gasteiger partial charge on any atom is -0.356 e. The second kappa shape index (κ2) is 8.52. The van der Waals surface area contributed by atoms with Crippen LogP contribution in [0, 0.1) is 5.82 Å². The number of benzene rings is 1. The first-order chi connectivity index (χ1) is 12.6. The fraction of sp³-hybridized carbons (Fsp3) is 0.600. The van der Waals surface area contributed by atoms with E-state index < -0.39 is 0 Å². The molecule has 2 saturated carbocycles. The topological polar surface area (TPSA) is 65.5 Å². The van der Waals surface area contributed by atoms with Crippen molar-refractivity contribution in [1.82, 2.24) is 16.0 Å². The molecule has 0 radical (unpaired) electrons. The molecule has 1 aromatic carbocycles. The molecular formula is C20H29FN4O. The highest BCUT2D eigenvalue weighted by molar-refractivity contribution is 5.86. The number of carbonyl (C=O) groups excluding carboxylic acids is 1. The summed E-state index contributed by atoms with van der Waals surface area (Å²) in [5, 5.41) is 9.45. The average Bonchev–Trinajstić information content (AvgIpc) is 3.44. The number of nitrogens with zero attached hydrogens (tertiary/aromatic N) is 1. The first kappa shape index (κ1) is 18.7. The highest BCUT2D eigenvalue weighted by Gasteiger charge is 2.44. The van der Waals surface area contributed by atoms with E-state index in [0.717, 1.165) is 31.2 Å². The lowest BCUT2D eigenvalue weighted by atomic mass is 9.95. The maximum atomic E-state index is 13.5. The van der Waals surface area contributed by atoms with Gasteiger partial charge in [0.15, 0.2) is 5.96 Å². The molecular weight excluding hydrogens is 331 g/mol. The van der Waals surface area contributed by atoms with Crippen LogP contribution in [0.3, 0.4) is 0 Å². The first-order valence-electron chi connectivity index (χ1n) is 9.61. The first-order valence-corrected chi connectivity index (χ1v) is 9.61. The van der Waals surface area contributed by atoms with Gasteiger partial charge in [0.1, 0.15) is 5.82 Å². The van der Waals surface area contributed by atoms with Crippen LogP contribution in [-0.4, -0.2) is 38.0 Å². The summed E-state index contributed by atoms with van der Waals surface area (Å²) in [4.78, 5) is 16.3. The average molecular weight is 360 g/mol. The predicted molar refractivity (Wildman–Crippen MR) is 102 cm³/mol. The predicted octanol–water partition coefficient (Wildman–Crippen LogP) is 2.47. The van der Waals surface area contributed by atoms with Gasteiger partial charge in [-0.25, -0.2) is 4.39 Å². The third-order valence-electron chi connectivity index (χ3n) is 5.50. The summed E-state index contributed by atoms with van der Waals surface area (Å²) in [7, 11) is 1.69. The summed E-state index contributed by atoms with van der Waals surface area (Å²) in [6.45, 7) is 0.892. The second-order valence-corrected chi connectivity index (χ2v) is 7.47. The van der Waals surface area contributed by atoms with Crippen LogP contribution in [0.15, 0.2) is 29.3 Å². The lowest BCUT2D eigenvalue weighted by Gasteiger charge is -2.23. The maximum Gasteiger partial charge on any atom is 0.239 e. The number of nitrogens with one attached hydrogen (secondary N) is 3. The summed E-state index contributed by atoms with van der Waals surface area (Å²) >= 11 is 0. The summed E-state index contributed by atoms with van der Waals surface area (Å²) in [5.74, 6) is 0.410. The van der Waals surface area contributed by atoms with E-state index in [1.54, 1.807) is 19.2 Å². The van der Waals surface area contributed by atoms with Crippen LogP contribution in [0.5, 0.6) is 0 Å². The zero-order valence-corrected chi connectivity index (χ0v) is 15.5. The molecule has 0 saturated heterocycles. The van der Waals surface area contributed by atoms with Gasteiger partial charge in [-0.2, -0.15) is 0 Å². The van der Waals surface area contributed by atoms with Gasteiger partial charge in [-0.3, -0.25) is 9.79 Å². The molecule has 0 atom stereocenters. The number of guanidine groups is 1. The molecule has 26 heavy (non-hydrogen) atoms. The van der Waals surface area contributed by atoms with Crippen molar-refractivity contribution in [3.05, 3.63) is 35.6 Å². The van der Waals surface area contributed by atoms with Gasteiger partial charge >= 0.3 is 0 Å². The lowest BCUT2D eigenvalue weighted by molar-refractivity contribution is -0.120. The normalized spacial score (nSPS) is 19.7. The quantitative estimate of drug-likeness (QED) is 0.539. The van der Waals surface area contributed by atoms with Crippen molar-refractivity contribution in [1.29, 1.82) is 0 Å². The standard InChI is InChI=1S/C20H29FN4O/c1-22-19(23-13-18(26)25-17-8-3-2-4-9-17)24-14-20(10-11-20)15-6-5-7-16(21)12-15/h5-7,12,17H,2-4,8-11,13-14H2,1H3,(H,25,26)(H2,22,23,24). The summed E-state index contributed by atoms with van der Waals surface area (Å²) in [5.41, 5.74) is 1.000. The molecule has 2 aliphatic rings. The van der Waals surface area contributed by atoms with Crippen molar-refractivity contribution in [3.8, 4) is 0 Å². The molecule has 1 aromatic rings. The van der Waals surface area contributed by atoms with Crippen molar-refractivity contribution < 1.29 is 9.18 Å². The van der Waals surface area contributed by atoms with E-state index >= 15 is 0 Å². The molecule has 0 bridgehead atoms. The van der Waals surface area contributed by atoms with Crippen LogP contribution >= 0.6 is 0 Å². The van der Waals surface area contributed by atoms with Crippen molar-refractivity contribution >= 4 is 11.9 Å². The highest BCUT2D eigenvalue weighted by Crippen LogP contribution is 2.47. The number of carbonyl (C=O) groups is 1. The molecule has 0 aromatic heterocycles.